The molecule has 1 aromatic rings. The molecule has 5 heteroatoms. The third-order valence-electron chi connectivity index (χ3n) is 2.59. The number of nitrogens with zero attached hydrogens (tertiary/aromatic N) is 1. The molecule has 0 aliphatic heterocycles. The van der Waals surface area contributed by atoms with E-state index in [9.17, 15) is 4.79 Å². The summed E-state index contributed by atoms with van der Waals surface area (Å²) >= 11 is 0. The smallest absolute Gasteiger partial charge is 0.248 e. The van der Waals surface area contributed by atoms with Gasteiger partial charge < -0.3 is 20.1 Å². The normalized spacial score (nSPS) is 10.3. The zero-order chi connectivity index (χ0) is 14.1. The molecule has 0 fully saturated rings. The second-order valence-electron chi connectivity index (χ2n) is 4.13. The highest BCUT2D eigenvalue weighted by molar-refractivity contribution is 5.77. The zero-order valence-corrected chi connectivity index (χ0v) is 11.6. The summed E-state index contributed by atoms with van der Waals surface area (Å²) in [6, 6.07) is 7.71. The number of hydrogen-bond acceptors (Lipinski definition) is 4. The molecule has 1 aromatic carbocycles. The molecule has 1 rings (SSSR count). The molecule has 0 unspecified atom stereocenters. The molecule has 0 aliphatic rings. The number of carbonyl (C=O) groups is 1. The van der Waals surface area contributed by atoms with Gasteiger partial charge in [-0.2, -0.15) is 0 Å². The van der Waals surface area contributed by atoms with E-state index in [0.29, 0.717) is 26.3 Å². The highest BCUT2D eigenvalue weighted by Gasteiger charge is 2.11. The lowest BCUT2D eigenvalue weighted by Gasteiger charge is -2.19. The number of likely N-dealkylation sites (N-methyl/N-ethyl adjacent to an activating group) is 1. The van der Waals surface area contributed by atoms with Crippen LogP contribution >= 0.6 is 0 Å². The fourth-order valence-corrected chi connectivity index (χ4v) is 1.63. The van der Waals surface area contributed by atoms with Crippen LogP contribution in [0.5, 0.6) is 5.75 Å². The fraction of sp³-hybridized carbons (Fsp3) is 0.500. The van der Waals surface area contributed by atoms with Crippen LogP contribution < -0.4 is 10.5 Å². The van der Waals surface area contributed by atoms with E-state index in [1.807, 2.05) is 31.2 Å². The largest absolute Gasteiger partial charge is 0.494 e. The minimum Gasteiger partial charge on any atom is -0.494 e. The number of nitrogens with two attached hydrogens (primary N) is 1. The summed E-state index contributed by atoms with van der Waals surface area (Å²) in [4.78, 5) is 13.4. The van der Waals surface area contributed by atoms with Crippen LogP contribution in [-0.2, 0) is 16.1 Å². The second kappa shape index (κ2) is 8.50. The van der Waals surface area contributed by atoms with Crippen molar-refractivity contribution in [2.24, 2.45) is 5.73 Å². The molecule has 0 bridgehead atoms. The molecule has 0 aromatic heterocycles. The van der Waals surface area contributed by atoms with Crippen molar-refractivity contribution >= 4 is 5.91 Å². The van der Waals surface area contributed by atoms with E-state index in [1.54, 1.807) is 11.9 Å². The molecular weight excluding hydrogens is 244 g/mol. The highest BCUT2D eigenvalue weighted by Crippen LogP contribution is 2.19. The van der Waals surface area contributed by atoms with Crippen molar-refractivity contribution in [1.82, 2.24) is 4.90 Å². The van der Waals surface area contributed by atoms with Crippen molar-refractivity contribution in [2.45, 2.75) is 13.5 Å². The third kappa shape index (κ3) is 5.28. The number of ether oxygens (including phenoxy) is 2. The monoisotopic (exact) mass is 266 g/mol. The second-order valence-corrected chi connectivity index (χ2v) is 4.13. The van der Waals surface area contributed by atoms with Gasteiger partial charge in [-0.15, -0.1) is 0 Å². The van der Waals surface area contributed by atoms with Crippen LogP contribution in [0.3, 0.4) is 0 Å². The van der Waals surface area contributed by atoms with Crippen LogP contribution in [-0.4, -0.2) is 44.2 Å². The molecule has 0 heterocycles. The van der Waals surface area contributed by atoms with E-state index in [2.05, 4.69) is 0 Å². The van der Waals surface area contributed by atoms with Gasteiger partial charge in [0.1, 0.15) is 12.4 Å². The van der Waals surface area contributed by atoms with Crippen LogP contribution in [0.1, 0.15) is 12.5 Å². The van der Waals surface area contributed by atoms with Crippen LogP contribution in [0, 0.1) is 0 Å². The zero-order valence-electron chi connectivity index (χ0n) is 11.6. The topological polar surface area (TPSA) is 64.8 Å². The van der Waals surface area contributed by atoms with Gasteiger partial charge in [0.15, 0.2) is 0 Å². The van der Waals surface area contributed by atoms with Crippen molar-refractivity contribution in [3.8, 4) is 5.75 Å². The fourth-order valence-electron chi connectivity index (χ4n) is 1.63. The molecule has 0 radical (unpaired) electrons. The molecule has 0 atom stereocenters. The van der Waals surface area contributed by atoms with Crippen LogP contribution in [0.4, 0.5) is 0 Å². The van der Waals surface area contributed by atoms with Gasteiger partial charge in [-0.25, -0.2) is 0 Å². The lowest BCUT2D eigenvalue weighted by molar-refractivity contribution is -0.135. The van der Waals surface area contributed by atoms with Gasteiger partial charge in [-0.1, -0.05) is 18.2 Å². The van der Waals surface area contributed by atoms with Crippen LogP contribution in [0.15, 0.2) is 24.3 Å². The molecule has 5 nitrogen and oxygen atoms in total. The average molecular weight is 266 g/mol. The summed E-state index contributed by atoms with van der Waals surface area (Å²) in [6.07, 6.45) is 0. The van der Waals surface area contributed by atoms with Crippen molar-refractivity contribution in [2.75, 3.05) is 33.4 Å². The summed E-state index contributed by atoms with van der Waals surface area (Å²) < 4.78 is 10.7. The minimum atomic E-state index is -0.0697. The summed E-state index contributed by atoms with van der Waals surface area (Å²) in [6.45, 7) is 3.92. The Labute approximate surface area is 114 Å². The first kappa shape index (κ1) is 15.5. The van der Waals surface area contributed by atoms with Gasteiger partial charge in [0, 0.05) is 25.7 Å². The molecule has 1 amide bonds. The maximum Gasteiger partial charge on any atom is 0.248 e. The Morgan fingerprint density at radius 3 is 2.79 bits per heavy atom. The predicted octanol–water partition coefficient (Wildman–Crippen LogP) is 1.02. The van der Waals surface area contributed by atoms with Crippen molar-refractivity contribution in [3.05, 3.63) is 29.8 Å². The van der Waals surface area contributed by atoms with Gasteiger partial charge >= 0.3 is 0 Å². The number of rotatable bonds is 8. The number of para-hydroxylation sites is 1. The first-order valence-corrected chi connectivity index (χ1v) is 6.41. The number of benzene rings is 1. The van der Waals surface area contributed by atoms with E-state index in [4.69, 9.17) is 15.2 Å². The standard InChI is InChI=1S/C14H22N2O3/c1-3-19-13-7-5-4-6-12(13)10-16(2)14(17)11-18-9-8-15/h4-7H,3,8-11,15H2,1-2H3. The number of amides is 1. The molecule has 0 spiro atoms. The Bertz CT molecular complexity index is 396. The van der Waals surface area contributed by atoms with Gasteiger partial charge in [0.2, 0.25) is 5.91 Å². The molecule has 19 heavy (non-hydrogen) atoms. The number of hydrogen-bond donors (Lipinski definition) is 1. The van der Waals surface area contributed by atoms with Gasteiger partial charge in [0.05, 0.1) is 13.2 Å². The Balaban J connectivity index is 2.55. The third-order valence-corrected chi connectivity index (χ3v) is 2.59. The van der Waals surface area contributed by atoms with Crippen molar-refractivity contribution in [1.29, 1.82) is 0 Å². The summed E-state index contributed by atoms with van der Waals surface area (Å²) in [7, 11) is 1.75. The van der Waals surface area contributed by atoms with Gasteiger partial charge in [-0.3, -0.25) is 4.79 Å². The Morgan fingerprint density at radius 2 is 2.11 bits per heavy atom. The molecule has 106 valence electrons. The van der Waals surface area contributed by atoms with E-state index in [0.717, 1.165) is 11.3 Å². The predicted molar refractivity (Wildman–Crippen MR) is 74.0 cm³/mol. The Hall–Kier alpha value is -1.59. The van der Waals surface area contributed by atoms with E-state index in [-0.39, 0.29) is 12.5 Å². The van der Waals surface area contributed by atoms with E-state index >= 15 is 0 Å². The van der Waals surface area contributed by atoms with Gasteiger partial charge in [0.25, 0.3) is 0 Å². The summed E-state index contributed by atoms with van der Waals surface area (Å²) in [5.74, 6) is 0.743. The lowest BCUT2D eigenvalue weighted by atomic mass is 10.2. The van der Waals surface area contributed by atoms with Crippen LogP contribution in [0.2, 0.25) is 0 Å². The summed E-state index contributed by atoms with van der Waals surface area (Å²) in [5.41, 5.74) is 6.29. The molecule has 0 saturated heterocycles. The van der Waals surface area contributed by atoms with E-state index < -0.39 is 0 Å². The Morgan fingerprint density at radius 1 is 1.37 bits per heavy atom. The first-order valence-electron chi connectivity index (χ1n) is 6.41. The summed E-state index contributed by atoms with van der Waals surface area (Å²) in [5, 5.41) is 0. The van der Waals surface area contributed by atoms with Crippen LogP contribution in [0.25, 0.3) is 0 Å². The maximum absolute atomic E-state index is 11.8. The minimum absolute atomic E-state index is 0.0600. The SMILES string of the molecule is CCOc1ccccc1CN(C)C(=O)COCCN. The van der Waals surface area contributed by atoms with Crippen molar-refractivity contribution < 1.29 is 14.3 Å². The van der Waals surface area contributed by atoms with E-state index in [1.165, 1.54) is 0 Å². The molecule has 2 N–H and O–H groups in total. The van der Waals surface area contributed by atoms with Crippen molar-refractivity contribution in [3.63, 3.8) is 0 Å². The molecule has 0 saturated carbocycles. The Kier molecular flexibility index (Phi) is 6.92. The lowest BCUT2D eigenvalue weighted by Crippen LogP contribution is -2.30. The van der Waals surface area contributed by atoms with Gasteiger partial charge in [-0.05, 0) is 13.0 Å². The molecule has 0 aliphatic carbocycles. The average Bonchev–Trinajstić information content (AvgIpc) is 2.41. The highest BCUT2D eigenvalue weighted by atomic mass is 16.5. The quantitative estimate of drug-likeness (QED) is 0.713. The molecular formula is C14H22N2O3. The maximum atomic E-state index is 11.8. The number of carbonyl (C=O) groups excluding carboxylic acids is 1. The first-order chi connectivity index (χ1) is 9.19.